The Balaban J connectivity index is 1.68. The first-order chi connectivity index (χ1) is 9.61. The van der Waals surface area contributed by atoms with Crippen molar-refractivity contribution in [3.63, 3.8) is 0 Å². The van der Waals surface area contributed by atoms with E-state index in [1.807, 2.05) is 0 Å². The summed E-state index contributed by atoms with van der Waals surface area (Å²) in [4.78, 5) is 21.4. The van der Waals surface area contributed by atoms with Crippen molar-refractivity contribution in [2.45, 2.75) is 31.7 Å². The number of aliphatic carboxylic acids is 1. The number of carbonyl (C=O) groups is 1. The summed E-state index contributed by atoms with van der Waals surface area (Å²) in [6.07, 6.45) is 2.47. The number of thiazole rings is 1. The molecule has 1 aliphatic heterocycles. The number of hydrogen-bond donors (Lipinski definition) is 1. The molecule has 2 fully saturated rings. The lowest BCUT2D eigenvalue weighted by Gasteiger charge is -2.31. The molecule has 1 N–H and O–H groups in total. The average Bonchev–Trinajstić information content (AvgIpc) is 3.16. The highest BCUT2D eigenvalue weighted by Gasteiger charge is 2.30. The van der Waals surface area contributed by atoms with E-state index in [1.165, 1.54) is 12.8 Å². The molecule has 0 unspecified atom stereocenters. The van der Waals surface area contributed by atoms with E-state index in [2.05, 4.69) is 16.8 Å². The zero-order chi connectivity index (χ0) is 14.1. The number of aromatic nitrogens is 1. The molecule has 6 heteroatoms. The Bertz CT molecular complexity index is 491. The van der Waals surface area contributed by atoms with E-state index in [0.717, 1.165) is 48.3 Å². The highest BCUT2D eigenvalue weighted by atomic mass is 32.1. The molecule has 0 bridgehead atoms. The van der Waals surface area contributed by atoms with Crippen LogP contribution in [0.1, 0.15) is 34.3 Å². The second-order valence-corrected chi connectivity index (χ2v) is 7.01. The summed E-state index contributed by atoms with van der Waals surface area (Å²) in [6, 6.07) is 0. The van der Waals surface area contributed by atoms with Crippen LogP contribution in [0.3, 0.4) is 0 Å². The van der Waals surface area contributed by atoms with Crippen LogP contribution in [0.2, 0.25) is 0 Å². The zero-order valence-corrected chi connectivity index (χ0v) is 12.7. The summed E-state index contributed by atoms with van der Waals surface area (Å²) in [5.74, 6) is -0.219. The van der Waals surface area contributed by atoms with E-state index in [9.17, 15) is 4.79 Å². The smallest absolute Gasteiger partial charge is 0.308 e. The maximum atomic E-state index is 11.0. The molecule has 0 radical (unpaired) electrons. The molecule has 1 saturated heterocycles. The van der Waals surface area contributed by atoms with Crippen molar-refractivity contribution in [1.29, 1.82) is 0 Å². The molecular formula is C14H21N3O2S. The highest BCUT2D eigenvalue weighted by Crippen LogP contribution is 2.43. The van der Waals surface area contributed by atoms with E-state index in [-0.39, 0.29) is 6.42 Å². The van der Waals surface area contributed by atoms with E-state index < -0.39 is 5.97 Å². The summed E-state index contributed by atoms with van der Waals surface area (Å²) < 4.78 is 0. The minimum absolute atomic E-state index is 0.131. The van der Waals surface area contributed by atoms with Gasteiger partial charge in [0.2, 0.25) is 0 Å². The molecule has 1 saturated carbocycles. The van der Waals surface area contributed by atoms with Gasteiger partial charge in [-0.2, -0.15) is 0 Å². The fourth-order valence-corrected chi connectivity index (χ4v) is 3.81. The molecule has 0 amide bonds. The first kappa shape index (κ1) is 14.0. The lowest BCUT2D eigenvalue weighted by atomic mass is 10.2. The summed E-state index contributed by atoms with van der Waals surface area (Å²) in [6.45, 7) is 5.22. The average molecular weight is 295 g/mol. The van der Waals surface area contributed by atoms with Crippen molar-refractivity contribution >= 4 is 17.3 Å². The molecule has 1 aromatic heterocycles. The normalized spacial score (nSPS) is 21.2. The number of rotatable bonds is 5. The predicted molar refractivity (Wildman–Crippen MR) is 78.2 cm³/mol. The Labute approximate surface area is 123 Å². The van der Waals surface area contributed by atoms with Gasteiger partial charge in [0.25, 0.3) is 0 Å². The number of hydrogen-bond acceptors (Lipinski definition) is 5. The van der Waals surface area contributed by atoms with Gasteiger partial charge in [-0.25, -0.2) is 4.98 Å². The van der Waals surface area contributed by atoms with Gasteiger partial charge < -0.3 is 10.0 Å². The van der Waals surface area contributed by atoms with Crippen LogP contribution in [0, 0.1) is 0 Å². The predicted octanol–water partition coefficient (Wildman–Crippen LogP) is 1.40. The van der Waals surface area contributed by atoms with E-state index in [4.69, 9.17) is 10.1 Å². The second-order valence-electron chi connectivity index (χ2n) is 5.84. The third-order valence-corrected chi connectivity index (χ3v) is 5.06. The molecule has 2 heterocycles. The number of likely N-dealkylation sites (N-methyl/N-ethyl adjacent to an activating group) is 1. The van der Waals surface area contributed by atoms with E-state index in [0.29, 0.717) is 5.92 Å². The van der Waals surface area contributed by atoms with Gasteiger partial charge in [0.1, 0.15) is 5.01 Å². The quantitative estimate of drug-likeness (QED) is 0.890. The number of carboxylic acids is 1. The standard InChI is InChI=1S/C14H21N3O2S/c1-16-4-6-17(7-5-16)9-12-15-14(10-2-3-10)11(20-12)8-13(18)19/h10H,2-9H2,1H3,(H,18,19). The highest BCUT2D eigenvalue weighted by molar-refractivity contribution is 7.11. The maximum absolute atomic E-state index is 11.0. The van der Waals surface area contributed by atoms with Crippen LogP contribution in [0.25, 0.3) is 0 Å². The van der Waals surface area contributed by atoms with Gasteiger partial charge in [-0.1, -0.05) is 0 Å². The topological polar surface area (TPSA) is 56.7 Å². The molecule has 5 nitrogen and oxygen atoms in total. The minimum atomic E-state index is -0.748. The van der Waals surface area contributed by atoms with Gasteiger partial charge in [0, 0.05) is 37.0 Å². The SMILES string of the molecule is CN1CCN(Cc2nc(C3CC3)c(CC(=O)O)s2)CC1. The summed E-state index contributed by atoms with van der Waals surface area (Å²) in [7, 11) is 2.15. The monoisotopic (exact) mass is 295 g/mol. The third-order valence-electron chi connectivity index (χ3n) is 4.00. The Kier molecular flexibility index (Phi) is 4.05. The molecule has 2 aliphatic rings. The maximum Gasteiger partial charge on any atom is 0.308 e. The van der Waals surface area contributed by atoms with E-state index >= 15 is 0 Å². The van der Waals surface area contributed by atoms with Gasteiger partial charge in [0.15, 0.2) is 0 Å². The zero-order valence-electron chi connectivity index (χ0n) is 11.8. The molecule has 20 heavy (non-hydrogen) atoms. The fraction of sp³-hybridized carbons (Fsp3) is 0.714. The molecule has 0 spiro atoms. The molecule has 1 aliphatic carbocycles. The van der Waals surface area contributed by atoms with Crippen molar-refractivity contribution in [1.82, 2.24) is 14.8 Å². The Morgan fingerprint density at radius 3 is 2.65 bits per heavy atom. The van der Waals surface area contributed by atoms with Crippen molar-refractivity contribution in [3.8, 4) is 0 Å². The van der Waals surface area contributed by atoms with Crippen molar-refractivity contribution in [2.75, 3.05) is 33.2 Å². The van der Waals surface area contributed by atoms with Crippen molar-refractivity contribution < 1.29 is 9.90 Å². The van der Waals surface area contributed by atoms with Crippen LogP contribution in [0.15, 0.2) is 0 Å². The first-order valence-electron chi connectivity index (χ1n) is 7.23. The summed E-state index contributed by atoms with van der Waals surface area (Å²) in [5, 5.41) is 10.1. The van der Waals surface area contributed by atoms with Gasteiger partial charge in [-0.05, 0) is 19.9 Å². The molecule has 0 aromatic carbocycles. The van der Waals surface area contributed by atoms with Gasteiger partial charge >= 0.3 is 5.97 Å². The summed E-state index contributed by atoms with van der Waals surface area (Å²) >= 11 is 1.60. The van der Waals surface area contributed by atoms with Crippen LogP contribution in [-0.2, 0) is 17.8 Å². The lowest BCUT2D eigenvalue weighted by Crippen LogP contribution is -2.43. The van der Waals surface area contributed by atoms with Crippen LogP contribution < -0.4 is 0 Å². The lowest BCUT2D eigenvalue weighted by molar-refractivity contribution is -0.136. The van der Waals surface area contributed by atoms with Crippen molar-refractivity contribution in [2.24, 2.45) is 0 Å². The van der Waals surface area contributed by atoms with Gasteiger partial charge in [-0.3, -0.25) is 9.69 Å². The molecular weight excluding hydrogens is 274 g/mol. The van der Waals surface area contributed by atoms with Gasteiger partial charge in [0.05, 0.1) is 18.7 Å². The first-order valence-corrected chi connectivity index (χ1v) is 8.04. The fourth-order valence-electron chi connectivity index (χ4n) is 2.62. The van der Waals surface area contributed by atoms with Crippen LogP contribution in [0.4, 0.5) is 0 Å². The van der Waals surface area contributed by atoms with Gasteiger partial charge in [-0.15, -0.1) is 11.3 Å². The third kappa shape index (κ3) is 3.37. The minimum Gasteiger partial charge on any atom is -0.481 e. The number of piperazine rings is 1. The Morgan fingerprint density at radius 1 is 1.35 bits per heavy atom. The largest absolute Gasteiger partial charge is 0.481 e. The molecule has 1 aromatic rings. The van der Waals surface area contributed by atoms with Crippen molar-refractivity contribution in [3.05, 3.63) is 15.6 Å². The Hall–Kier alpha value is -0.980. The molecule has 3 rings (SSSR count). The second kappa shape index (κ2) is 5.79. The number of nitrogens with zero attached hydrogens (tertiary/aromatic N) is 3. The van der Waals surface area contributed by atoms with Crippen LogP contribution >= 0.6 is 11.3 Å². The van der Waals surface area contributed by atoms with Crippen LogP contribution in [0.5, 0.6) is 0 Å². The van der Waals surface area contributed by atoms with E-state index in [1.54, 1.807) is 11.3 Å². The number of carboxylic acid groups (broad SMARTS) is 1. The van der Waals surface area contributed by atoms with Crippen LogP contribution in [-0.4, -0.2) is 59.1 Å². The molecule has 110 valence electrons. The summed E-state index contributed by atoms with van der Waals surface area (Å²) in [5.41, 5.74) is 1.07. The molecule has 0 atom stereocenters. The Morgan fingerprint density at radius 2 is 2.05 bits per heavy atom.